The van der Waals surface area contributed by atoms with Crippen LogP contribution in [0.2, 0.25) is 0 Å². The highest BCUT2D eigenvalue weighted by molar-refractivity contribution is 5.88. The van der Waals surface area contributed by atoms with Crippen LogP contribution in [0.3, 0.4) is 0 Å². The van der Waals surface area contributed by atoms with Gasteiger partial charge in [0, 0.05) is 12.3 Å². The fourth-order valence-corrected chi connectivity index (χ4v) is 3.36. The summed E-state index contributed by atoms with van der Waals surface area (Å²) in [7, 11) is 0. The zero-order chi connectivity index (χ0) is 17.4. The summed E-state index contributed by atoms with van der Waals surface area (Å²) >= 11 is 0. The van der Waals surface area contributed by atoms with E-state index in [1.807, 2.05) is 36.4 Å². The first kappa shape index (κ1) is 18.4. The number of hydrogen-bond donors (Lipinski definition) is 2. The smallest absolute Gasteiger partial charge is 0.303 e. The van der Waals surface area contributed by atoms with E-state index >= 15 is 0 Å². The molecule has 0 saturated heterocycles. The maximum atomic E-state index is 12.2. The first-order valence-electron chi connectivity index (χ1n) is 8.75. The van der Waals surface area contributed by atoms with E-state index in [1.165, 1.54) is 0 Å². The van der Waals surface area contributed by atoms with Crippen molar-refractivity contribution in [2.75, 3.05) is 0 Å². The lowest BCUT2D eigenvalue weighted by Gasteiger charge is -2.14. The highest BCUT2D eigenvalue weighted by Crippen LogP contribution is 2.34. The third-order valence-corrected chi connectivity index (χ3v) is 4.70. The molecule has 0 spiro atoms. The summed E-state index contributed by atoms with van der Waals surface area (Å²) in [6.45, 7) is 0. The van der Waals surface area contributed by atoms with Crippen LogP contribution >= 0.6 is 0 Å². The van der Waals surface area contributed by atoms with Crippen molar-refractivity contribution in [3.63, 3.8) is 0 Å². The number of aliphatic hydroxyl groups excluding tert-OH is 1. The number of carbonyl (C=O) groups excluding carboxylic acids is 1. The number of hydrogen-bond acceptors (Lipinski definition) is 3. The van der Waals surface area contributed by atoms with Crippen molar-refractivity contribution in [1.29, 1.82) is 0 Å². The lowest BCUT2D eigenvalue weighted by atomic mass is 9.89. The van der Waals surface area contributed by atoms with Gasteiger partial charge in [0.15, 0.2) is 5.78 Å². The van der Waals surface area contributed by atoms with Crippen molar-refractivity contribution >= 4 is 17.8 Å². The molecule has 0 radical (unpaired) electrons. The van der Waals surface area contributed by atoms with Crippen LogP contribution in [0, 0.1) is 11.8 Å². The predicted molar refractivity (Wildman–Crippen MR) is 93.4 cm³/mol. The van der Waals surface area contributed by atoms with E-state index in [0.29, 0.717) is 12.8 Å². The number of aliphatic hydroxyl groups is 1. The van der Waals surface area contributed by atoms with E-state index < -0.39 is 12.1 Å². The third kappa shape index (κ3) is 5.60. The molecule has 3 unspecified atom stereocenters. The molecule has 1 aromatic carbocycles. The second-order valence-electron chi connectivity index (χ2n) is 6.54. The molecule has 0 aliphatic heterocycles. The van der Waals surface area contributed by atoms with Gasteiger partial charge in [-0.3, -0.25) is 9.59 Å². The molecule has 0 amide bonds. The van der Waals surface area contributed by atoms with Gasteiger partial charge in [0.25, 0.3) is 0 Å². The molecule has 1 aromatic rings. The number of allylic oxidation sites excluding steroid dienone is 1. The highest BCUT2D eigenvalue weighted by Gasteiger charge is 2.39. The molecule has 4 heteroatoms. The van der Waals surface area contributed by atoms with Crippen LogP contribution in [0.1, 0.15) is 50.5 Å². The van der Waals surface area contributed by atoms with E-state index in [-0.39, 0.29) is 24.0 Å². The third-order valence-electron chi connectivity index (χ3n) is 4.70. The van der Waals surface area contributed by atoms with Gasteiger partial charge in [-0.15, -0.1) is 0 Å². The molecular weight excluding hydrogens is 304 g/mol. The molecule has 0 heterocycles. The van der Waals surface area contributed by atoms with Gasteiger partial charge in [-0.2, -0.15) is 0 Å². The SMILES string of the molecule is O=C(O)CCCCCCC1C(=O)C(O)CC1C=Cc1ccccc1. The Bertz CT molecular complexity index is 564. The predicted octanol–water partition coefficient (Wildman–Crippen LogP) is 3.69. The van der Waals surface area contributed by atoms with Crippen LogP contribution in [0.25, 0.3) is 6.08 Å². The van der Waals surface area contributed by atoms with Crippen molar-refractivity contribution in [1.82, 2.24) is 0 Å². The van der Waals surface area contributed by atoms with Crippen LogP contribution < -0.4 is 0 Å². The van der Waals surface area contributed by atoms with Gasteiger partial charge >= 0.3 is 5.97 Å². The number of aliphatic carboxylic acids is 1. The molecule has 4 nitrogen and oxygen atoms in total. The summed E-state index contributed by atoms with van der Waals surface area (Å²) in [6.07, 6.45) is 8.12. The molecule has 0 aromatic heterocycles. The lowest BCUT2D eigenvalue weighted by molar-refractivity contribution is -0.137. The normalized spacial score (nSPS) is 23.9. The molecule has 24 heavy (non-hydrogen) atoms. The van der Waals surface area contributed by atoms with Gasteiger partial charge in [0.05, 0.1) is 0 Å². The van der Waals surface area contributed by atoms with E-state index in [0.717, 1.165) is 31.2 Å². The Labute approximate surface area is 143 Å². The molecule has 0 bridgehead atoms. The Balaban J connectivity index is 1.82. The van der Waals surface area contributed by atoms with Gasteiger partial charge in [0.1, 0.15) is 6.10 Å². The molecule has 2 N–H and O–H groups in total. The Morgan fingerprint density at radius 2 is 1.83 bits per heavy atom. The highest BCUT2D eigenvalue weighted by atomic mass is 16.4. The van der Waals surface area contributed by atoms with E-state index in [4.69, 9.17) is 5.11 Å². The largest absolute Gasteiger partial charge is 0.481 e. The van der Waals surface area contributed by atoms with Crippen molar-refractivity contribution < 1.29 is 19.8 Å². The number of carboxylic acids is 1. The van der Waals surface area contributed by atoms with Crippen molar-refractivity contribution in [2.45, 2.75) is 51.0 Å². The number of rotatable bonds is 9. The second kappa shape index (κ2) is 9.38. The van der Waals surface area contributed by atoms with Crippen molar-refractivity contribution in [2.24, 2.45) is 11.8 Å². The summed E-state index contributed by atoms with van der Waals surface area (Å²) < 4.78 is 0. The first-order valence-corrected chi connectivity index (χ1v) is 8.75. The Kier molecular flexibility index (Phi) is 7.19. The maximum absolute atomic E-state index is 12.2. The van der Waals surface area contributed by atoms with Gasteiger partial charge < -0.3 is 10.2 Å². The zero-order valence-corrected chi connectivity index (χ0v) is 13.9. The molecule has 1 fully saturated rings. The van der Waals surface area contributed by atoms with Crippen LogP contribution in [-0.2, 0) is 9.59 Å². The molecule has 1 saturated carbocycles. The topological polar surface area (TPSA) is 74.6 Å². The molecular formula is C20H26O4. The minimum absolute atomic E-state index is 0.0387. The summed E-state index contributed by atoms with van der Waals surface area (Å²) in [5, 5.41) is 18.5. The fraction of sp³-hybridized carbons (Fsp3) is 0.500. The van der Waals surface area contributed by atoms with Gasteiger partial charge in [-0.05, 0) is 30.7 Å². The monoisotopic (exact) mass is 330 g/mol. The number of unbranched alkanes of at least 4 members (excludes halogenated alkanes) is 3. The van der Waals surface area contributed by atoms with Crippen LogP contribution in [-0.4, -0.2) is 28.1 Å². The van der Waals surface area contributed by atoms with Crippen LogP contribution in [0.15, 0.2) is 36.4 Å². The van der Waals surface area contributed by atoms with Crippen molar-refractivity contribution in [3.8, 4) is 0 Å². The summed E-state index contributed by atoms with van der Waals surface area (Å²) in [6, 6.07) is 9.95. The van der Waals surface area contributed by atoms with Crippen LogP contribution in [0.4, 0.5) is 0 Å². The summed E-state index contributed by atoms with van der Waals surface area (Å²) in [4.78, 5) is 22.6. The molecule has 1 aliphatic carbocycles. The second-order valence-corrected chi connectivity index (χ2v) is 6.54. The maximum Gasteiger partial charge on any atom is 0.303 e. The van der Waals surface area contributed by atoms with Crippen molar-refractivity contribution in [3.05, 3.63) is 42.0 Å². The number of carboxylic acid groups (broad SMARTS) is 1. The Morgan fingerprint density at radius 3 is 2.54 bits per heavy atom. The summed E-state index contributed by atoms with van der Waals surface area (Å²) in [5.74, 6) is -0.815. The quantitative estimate of drug-likeness (QED) is 0.677. The first-order chi connectivity index (χ1) is 11.6. The Hall–Kier alpha value is -1.94. The molecule has 2 rings (SSSR count). The average molecular weight is 330 g/mol. The van der Waals surface area contributed by atoms with Gasteiger partial charge in [0.2, 0.25) is 0 Å². The minimum atomic E-state index is -0.840. The van der Waals surface area contributed by atoms with E-state index in [2.05, 4.69) is 6.08 Å². The Morgan fingerprint density at radius 1 is 1.12 bits per heavy atom. The molecule has 1 aliphatic rings. The van der Waals surface area contributed by atoms with Crippen LogP contribution in [0.5, 0.6) is 0 Å². The van der Waals surface area contributed by atoms with Gasteiger partial charge in [-0.25, -0.2) is 0 Å². The zero-order valence-electron chi connectivity index (χ0n) is 13.9. The average Bonchev–Trinajstić information content (AvgIpc) is 2.84. The molecule has 130 valence electrons. The standard InChI is InChI=1S/C20H26O4/c21-18-14-16(13-12-15-8-4-3-5-9-15)17(20(18)24)10-6-1-2-7-11-19(22)23/h3-5,8-9,12-13,16-18,21H,1-2,6-7,10-11,14H2,(H,22,23). The summed E-state index contributed by atoms with van der Waals surface area (Å²) in [5.41, 5.74) is 1.10. The van der Waals surface area contributed by atoms with E-state index in [9.17, 15) is 14.7 Å². The number of benzene rings is 1. The van der Waals surface area contributed by atoms with Gasteiger partial charge in [-0.1, -0.05) is 61.7 Å². The van der Waals surface area contributed by atoms with E-state index in [1.54, 1.807) is 0 Å². The number of ketones is 1. The fourth-order valence-electron chi connectivity index (χ4n) is 3.36. The number of Topliss-reactive ketones (excluding diaryl/α,β-unsaturated/α-hetero) is 1. The number of carbonyl (C=O) groups is 2. The minimum Gasteiger partial charge on any atom is -0.481 e. The molecule has 3 atom stereocenters. The lowest BCUT2D eigenvalue weighted by Crippen LogP contribution is -2.19.